The fraction of sp³-hybridized carbons (Fsp3) is 0.385. The van der Waals surface area contributed by atoms with Crippen molar-refractivity contribution in [2.45, 2.75) is 25.3 Å². The van der Waals surface area contributed by atoms with E-state index in [1.54, 1.807) is 11.3 Å². The number of fused-ring (bicyclic) bond motifs is 1. The third kappa shape index (κ3) is 1.98. The highest BCUT2D eigenvalue weighted by Crippen LogP contribution is 2.30. The number of hydrogen-bond donors (Lipinski definition) is 1. The Balaban J connectivity index is 2.02. The van der Waals surface area contributed by atoms with Crippen molar-refractivity contribution in [1.29, 1.82) is 0 Å². The number of nitrogens with one attached hydrogen (secondary N) is 1. The molecule has 2 heterocycles. The minimum absolute atomic E-state index is 0.427. The summed E-state index contributed by atoms with van der Waals surface area (Å²) in [5, 5.41) is 5.40. The summed E-state index contributed by atoms with van der Waals surface area (Å²) in [5.41, 5.74) is 2.49. The minimum Gasteiger partial charge on any atom is -0.313 e. The molecular weight excluding hydrogens is 230 g/mol. The molecule has 2 aromatic heterocycles. The zero-order chi connectivity index (χ0) is 11.7. The fourth-order valence-electron chi connectivity index (χ4n) is 2.37. The van der Waals surface area contributed by atoms with Crippen LogP contribution in [0.2, 0.25) is 0 Å². The van der Waals surface area contributed by atoms with Crippen molar-refractivity contribution in [1.82, 2.24) is 15.3 Å². The first-order valence-corrected chi connectivity index (χ1v) is 6.83. The van der Waals surface area contributed by atoms with Crippen molar-refractivity contribution >= 4 is 11.3 Å². The normalized spacial score (nSPS) is 19.0. The molecule has 3 nitrogen and oxygen atoms in total. The van der Waals surface area contributed by atoms with Crippen molar-refractivity contribution in [2.75, 3.05) is 7.05 Å². The monoisotopic (exact) mass is 245 g/mol. The maximum absolute atomic E-state index is 4.71. The number of rotatable bonds is 2. The summed E-state index contributed by atoms with van der Waals surface area (Å²) in [6.07, 6.45) is 5.47. The van der Waals surface area contributed by atoms with Crippen LogP contribution in [0.25, 0.3) is 10.7 Å². The molecule has 0 fully saturated rings. The Kier molecular flexibility index (Phi) is 2.91. The van der Waals surface area contributed by atoms with E-state index < -0.39 is 0 Å². The number of thiophene rings is 1. The zero-order valence-electron chi connectivity index (χ0n) is 9.81. The molecule has 1 aliphatic rings. The van der Waals surface area contributed by atoms with Crippen molar-refractivity contribution in [3.05, 3.63) is 35.0 Å². The molecule has 3 rings (SSSR count). The van der Waals surface area contributed by atoms with Gasteiger partial charge in [-0.25, -0.2) is 9.97 Å². The molecule has 0 saturated carbocycles. The maximum atomic E-state index is 4.71. The van der Waals surface area contributed by atoms with Gasteiger partial charge >= 0.3 is 0 Å². The van der Waals surface area contributed by atoms with Crippen molar-refractivity contribution in [3.63, 3.8) is 0 Å². The zero-order valence-corrected chi connectivity index (χ0v) is 10.6. The molecule has 2 aromatic rings. The van der Waals surface area contributed by atoms with Gasteiger partial charge in [0.1, 0.15) is 0 Å². The summed E-state index contributed by atoms with van der Waals surface area (Å²) in [6, 6.07) is 4.54. The van der Waals surface area contributed by atoms with Crippen LogP contribution < -0.4 is 5.32 Å². The Labute approximate surface area is 105 Å². The maximum Gasteiger partial charge on any atom is 0.169 e. The summed E-state index contributed by atoms with van der Waals surface area (Å²) in [7, 11) is 2.01. The first-order chi connectivity index (χ1) is 8.38. The lowest BCUT2D eigenvalue weighted by Gasteiger charge is -2.23. The molecule has 0 radical (unpaired) electrons. The average Bonchev–Trinajstić information content (AvgIpc) is 2.91. The van der Waals surface area contributed by atoms with Crippen molar-refractivity contribution < 1.29 is 0 Å². The van der Waals surface area contributed by atoms with Gasteiger partial charge in [-0.1, -0.05) is 6.07 Å². The van der Waals surface area contributed by atoms with Gasteiger partial charge in [0, 0.05) is 23.5 Å². The highest BCUT2D eigenvalue weighted by atomic mass is 32.1. The van der Waals surface area contributed by atoms with Crippen molar-refractivity contribution in [3.8, 4) is 10.7 Å². The van der Waals surface area contributed by atoms with E-state index in [1.165, 1.54) is 24.1 Å². The average molecular weight is 245 g/mol. The summed E-state index contributed by atoms with van der Waals surface area (Å²) in [4.78, 5) is 10.4. The molecule has 4 heteroatoms. The van der Waals surface area contributed by atoms with Gasteiger partial charge in [0.25, 0.3) is 0 Å². The van der Waals surface area contributed by atoms with E-state index in [-0.39, 0.29) is 0 Å². The molecule has 0 bridgehead atoms. The Morgan fingerprint density at radius 3 is 3.18 bits per heavy atom. The standard InChI is InChI=1S/C13H15N3S/c1-14-10-4-2-5-11-9(10)8-15-13(16-11)12-6-3-7-17-12/h3,6-8,10,14H,2,4-5H2,1H3. The van der Waals surface area contributed by atoms with Crippen LogP contribution in [0.5, 0.6) is 0 Å². The minimum atomic E-state index is 0.427. The van der Waals surface area contributed by atoms with E-state index in [4.69, 9.17) is 4.98 Å². The molecule has 1 N–H and O–H groups in total. The largest absolute Gasteiger partial charge is 0.313 e. The van der Waals surface area contributed by atoms with Gasteiger partial charge in [0.15, 0.2) is 5.82 Å². The fourth-order valence-corrected chi connectivity index (χ4v) is 3.04. The van der Waals surface area contributed by atoms with Crippen LogP contribution >= 0.6 is 11.3 Å². The number of hydrogen-bond acceptors (Lipinski definition) is 4. The number of aromatic nitrogens is 2. The van der Waals surface area contributed by atoms with Gasteiger partial charge in [-0.2, -0.15) is 0 Å². The van der Waals surface area contributed by atoms with Gasteiger partial charge in [-0.05, 0) is 37.8 Å². The van der Waals surface area contributed by atoms with Gasteiger partial charge in [0.05, 0.1) is 4.88 Å². The molecule has 0 amide bonds. The molecule has 1 aliphatic carbocycles. The van der Waals surface area contributed by atoms with Crippen LogP contribution in [-0.2, 0) is 6.42 Å². The Bertz CT molecular complexity index is 507. The topological polar surface area (TPSA) is 37.8 Å². The molecule has 0 aromatic carbocycles. The molecule has 17 heavy (non-hydrogen) atoms. The van der Waals surface area contributed by atoms with Gasteiger partial charge < -0.3 is 5.32 Å². The predicted molar refractivity (Wildman–Crippen MR) is 70.1 cm³/mol. The SMILES string of the molecule is CNC1CCCc2nc(-c3cccs3)ncc21. The predicted octanol–water partition coefficient (Wildman–Crippen LogP) is 2.80. The smallest absolute Gasteiger partial charge is 0.169 e. The van der Waals surface area contributed by atoms with Crippen LogP contribution in [0.4, 0.5) is 0 Å². The van der Waals surface area contributed by atoms with E-state index in [9.17, 15) is 0 Å². The second-order valence-electron chi connectivity index (χ2n) is 4.31. The lowest BCUT2D eigenvalue weighted by molar-refractivity contribution is 0.488. The highest BCUT2D eigenvalue weighted by Gasteiger charge is 2.21. The van der Waals surface area contributed by atoms with E-state index in [0.717, 1.165) is 17.1 Å². The molecule has 0 aliphatic heterocycles. The van der Waals surface area contributed by atoms with Gasteiger partial charge in [-0.15, -0.1) is 11.3 Å². The summed E-state index contributed by atoms with van der Waals surface area (Å²) in [6.45, 7) is 0. The Hall–Kier alpha value is -1.26. The van der Waals surface area contributed by atoms with Crippen LogP contribution in [0.1, 0.15) is 30.1 Å². The van der Waals surface area contributed by atoms with Gasteiger partial charge in [-0.3, -0.25) is 0 Å². The highest BCUT2D eigenvalue weighted by molar-refractivity contribution is 7.13. The third-order valence-corrected chi connectivity index (χ3v) is 4.14. The first-order valence-electron chi connectivity index (χ1n) is 5.95. The first kappa shape index (κ1) is 10.9. The van der Waals surface area contributed by atoms with E-state index in [0.29, 0.717) is 6.04 Å². The van der Waals surface area contributed by atoms with Crippen LogP contribution in [0, 0.1) is 0 Å². The van der Waals surface area contributed by atoms with E-state index in [2.05, 4.69) is 21.7 Å². The number of nitrogens with zero attached hydrogens (tertiary/aromatic N) is 2. The third-order valence-electron chi connectivity index (χ3n) is 3.27. The van der Waals surface area contributed by atoms with E-state index in [1.807, 2.05) is 19.3 Å². The van der Waals surface area contributed by atoms with Crippen LogP contribution in [0.15, 0.2) is 23.7 Å². The number of aryl methyl sites for hydroxylation is 1. The Morgan fingerprint density at radius 1 is 1.47 bits per heavy atom. The second kappa shape index (κ2) is 4.55. The van der Waals surface area contributed by atoms with Gasteiger partial charge in [0.2, 0.25) is 0 Å². The summed E-state index contributed by atoms with van der Waals surface area (Å²) >= 11 is 1.69. The molecule has 88 valence electrons. The molecule has 0 saturated heterocycles. The molecular formula is C13H15N3S. The lowest BCUT2D eigenvalue weighted by Crippen LogP contribution is -2.22. The Morgan fingerprint density at radius 2 is 2.41 bits per heavy atom. The summed E-state index contributed by atoms with van der Waals surface area (Å²) in [5.74, 6) is 0.871. The van der Waals surface area contributed by atoms with Crippen LogP contribution in [-0.4, -0.2) is 17.0 Å². The molecule has 0 spiro atoms. The lowest BCUT2D eigenvalue weighted by atomic mass is 9.92. The van der Waals surface area contributed by atoms with E-state index >= 15 is 0 Å². The molecule has 1 atom stereocenters. The summed E-state index contributed by atoms with van der Waals surface area (Å²) < 4.78 is 0. The molecule has 1 unspecified atom stereocenters. The van der Waals surface area contributed by atoms with Crippen molar-refractivity contribution in [2.24, 2.45) is 0 Å². The quantitative estimate of drug-likeness (QED) is 0.884. The van der Waals surface area contributed by atoms with Crippen LogP contribution in [0.3, 0.4) is 0 Å². The second-order valence-corrected chi connectivity index (χ2v) is 5.25.